The molecule has 0 unspecified atom stereocenters. The summed E-state index contributed by atoms with van der Waals surface area (Å²) in [5, 5.41) is 8.89. The summed E-state index contributed by atoms with van der Waals surface area (Å²) in [6, 6.07) is 7.54. The lowest BCUT2D eigenvalue weighted by Crippen LogP contribution is -2.13. The van der Waals surface area contributed by atoms with Gasteiger partial charge in [-0.2, -0.15) is 9.47 Å². The van der Waals surface area contributed by atoms with E-state index in [9.17, 15) is 4.79 Å². The second-order valence-corrected chi connectivity index (χ2v) is 6.18. The Morgan fingerprint density at radius 2 is 2.13 bits per heavy atom. The van der Waals surface area contributed by atoms with E-state index in [1.54, 1.807) is 23.1 Å². The molecule has 1 aromatic carbocycles. The predicted molar refractivity (Wildman–Crippen MR) is 90.8 cm³/mol. The molecule has 0 saturated carbocycles. The maximum absolute atomic E-state index is 12.7. The van der Waals surface area contributed by atoms with E-state index >= 15 is 0 Å². The van der Waals surface area contributed by atoms with Crippen LogP contribution in [0.2, 0.25) is 0 Å². The lowest BCUT2D eigenvalue weighted by atomic mass is 10.1. The van der Waals surface area contributed by atoms with Crippen LogP contribution in [-0.2, 0) is 7.05 Å². The van der Waals surface area contributed by atoms with Crippen LogP contribution in [0.15, 0.2) is 36.7 Å². The Labute approximate surface area is 135 Å². The molecule has 0 radical (unpaired) electrons. The van der Waals surface area contributed by atoms with Gasteiger partial charge in [-0.3, -0.25) is 9.48 Å². The van der Waals surface area contributed by atoms with Gasteiger partial charge in [0.1, 0.15) is 0 Å². The van der Waals surface area contributed by atoms with E-state index in [4.69, 9.17) is 0 Å². The number of carbonyl (C=O) groups is 1. The molecule has 0 aliphatic heterocycles. The normalized spacial score (nSPS) is 11.2. The van der Waals surface area contributed by atoms with Gasteiger partial charge >= 0.3 is 0 Å². The summed E-state index contributed by atoms with van der Waals surface area (Å²) in [6.07, 6.45) is 3.47. The third-order valence-corrected chi connectivity index (χ3v) is 4.47. The van der Waals surface area contributed by atoms with Crippen molar-refractivity contribution in [3.63, 3.8) is 0 Å². The van der Waals surface area contributed by atoms with E-state index in [0.717, 1.165) is 26.9 Å². The molecule has 0 saturated heterocycles. The van der Waals surface area contributed by atoms with Crippen LogP contribution >= 0.6 is 11.5 Å². The third-order valence-electron chi connectivity index (χ3n) is 3.69. The van der Waals surface area contributed by atoms with Crippen molar-refractivity contribution in [2.45, 2.75) is 6.92 Å². The highest BCUT2D eigenvalue weighted by Gasteiger charge is 2.15. The van der Waals surface area contributed by atoms with Crippen LogP contribution < -0.4 is 5.32 Å². The fourth-order valence-corrected chi connectivity index (χ4v) is 3.20. The van der Waals surface area contributed by atoms with E-state index in [2.05, 4.69) is 19.8 Å². The van der Waals surface area contributed by atoms with Crippen molar-refractivity contribution < 1.29 is 4.79 Å². The number of aryl methyl sites for hydroxylation is 2. The highest BCUT2D eigenvalue weighted by atomic mass is 32.1. The van der Waals surface area contributed by atoms with Gasteiger partial charge in [0.15, 0.2) is 5.65 Å². The topological polar surface area (TPSA) is 72.7 Å². The second kappa shape index (κ2) is 5.13. The van der Waals surface area contributed by atoms with E-state index in [1.165, 1.54) is 11.5 Å². The molecule has 0 bridgehead atoms. The van der Waals surface area contributed by atoms with Crippen molar-refractivity contribution in [2.75, 3.05) is 5.32 Å². The van der Waals surface area contributed by atoms with Crippen LogP contribution in [0.1, 0.15) is 16.1 Å². The molecule has 1 N–H and O–H groups in total. The minimum absolute atomic E-state index is 0.170. The Morgan fingerprint density at radius 3 is 3.00 bits per heavy atom. The first-order valence-electron chi connectivity index (χ1n) is 7.07. The predicted octanol–water partition coefficient (Wildman–Crippen LogP) is 3.14. The Morgan fingerprint density at radius 1 is 1.26 bits per heavy atom. The first-order chi connectivity index (χ1) is 11.1. The van der Waals surface area contributed by atoms with Gasteiger partial charge in [0.05, 0.1) is 21.8 Å². The minimum Gasteiger partial charge on any atom is -0.322 e. The van der Waals surface area contributed by atoms with Crippen molar-refractivity contribution in [3.8, 4) is 0 Å². The zero-order valence-corrected chi connectivity index (χ0v) is 13.4. The summed E-state index contributed by atoms with van der Waals surface area (Å²) in [4.78, 5) is 17.1. The van der Waals surface area contributed by atoms with Gasteiger partial charge in [-0.25, -0.2) is 4.98 Å². The van der Waals surface area contributed by atoms with Crippen LogP contribution in [0, 0.1) is 6.92 Å². The lowest BCUT2D eigenvalue weighted by Gasteiger charge is -2.07. The molecule has 0 aliphatic carbocycles. The number of amides is 1. The molecular weight excluding hydrogens is 310 g/mol. The molecule has 7 heteroatoms. The molecule has 6 nitrogen and oxygen atoms in total. The van der Waals surface area contributed by atoms with Crippen LogP contribution in [0.4, 0.5) is 5.69 Å². The monoisotopic (exact) mass is 323 g/mol. The molecule has 0 fully saturated rings. The first kappa shape index (κ1) is 13.8. The fraction of sp³-hybridized carbons (Fsp3) is 0.125. The molecular formula is C16H13N5OS. The Kier molecular flexibility index (Phi) is 3.09. The minimum atomic E-state index is -0.170. The first-order valence-corrected chi connectivity index (χ1v) is 7.84. The van der Waals surface area contributed by atoms with Gasteiger partial charge in [-0.15, -0.1) is 0 Å². The van der Waals surface area contributed by atoms with E-state index < -0.39 is 0 Å². The second-order valence-electron chi connectivity index (χ2n) is 5.35. The van der Waals surface area contributed by atoms with Gasteiger partial charge in [-0.05, 0) is 42.7 Å². The zero-order valence-electron chi connectivity index (χ0n) is 12.6. The number of anilines is 1. The number of hydrogen-bond donors (Lipinski definition) is 1. The van der Waals surface area contributed by atoms with Gasteiger partial charge in [0, 0.05) is 30.0 Å². The van der Waals surface area contributed by atoms with E-state index in [-0.39, 0.29) is 5.91 Å². The standard InChI is InChI=1S/C16H13N5OS/c1-9-5-12(13-8-17-21(2)15(13)19-9)16(22)20-11-3-4-14-10(6-11)7-18-23-14/h3-8H,1-2H3,(H,20,22). The fourth-order valence-electron chi connectivity index (χ4n) is 2.58. The van der Waals surface area contributed by atoms with Crippen LogP contribution in [0.3, 0.4) is 0 Å². The molecule has 3 heterocycles. The maximum Gasteiger partial charge on any atom is 0.256 e. The number of rotatable bonds is 2. The van der Waals surface area contributed by atoms with E-state index in [0.29, 0.717) is 11.2 Å². The number of nitrogens with one attached hydrogen (secondary N) is 1. The van der Waals surface area contributed by atoms with Gasteiger partial charge < -0.3 is 5.32 Å². The molecule has 0 atom stereocenters. The van der Waals surface area contributed by atoms with Crippen LogP contribution in [0.5, 0.6) is 0 Å². The quantitative estimate of drug-likeness (QED) is 0.615. The lowest BCUT2D eigenvalue weighted by molar-refractivity contribution is 0.102. The number of hydrogen-bond acceptors (Lipinski definition) is 5. The largest absolute Gasteiger partial charge is 0.322 e. The summed E-state index contributed by atoms with van der Waals surface area (Å²) < 4.78 is 6.91. The molecule has 114 valence electrons. The molecule has 0 spiro atoms. The summed E-state index contributed by atoms with van der Waals surface area (Å²) in [5.74, 6) is -0.170. The van der Waals surface area contributed by atoms with Gasteiger partial charge in [0.2, 0.25) is 0 Å². The van der Waals surface area contributed by atoms with Gasteiger partial charge in [0.25, 0.3) is 5.91 Å². The van der Waals surface area contributed by atoms with Crippen LogP contribution in [0.25, 0.3) is 21.1 Å². The summed E-state index contributed by atoms with van der Waals surface area (Å²) in [6.45, 7) is 1.87. The maximum atomic E-state index is 12.7. The average molecular weight is 323 g/mol. The average Bonchev–Trinajstić information content (AvgIpc) is 3.13. The highest BCUT2D eigenvalue weighted by Crippen LogP contribution is 2.23. The van der Waals surface area contributed by atoms with Crippen LogP contribution in [-0.4, -0.2) is 25.0 Å². The van der Waals surface area contributed by atoms with Gasteiger partial charge in [-0.1, -0.05) is 0 Å². The number of benzene rings is 1. The summed E-state index contributed by atoms with van der Waals surface area (Å²) in [5.41, 5.74) is 2.80. The smallest absolute Gasteiger partial charge is 0.256 e. The SMILES string of the molecule is Cc1cc(C(=O)Nc2ccc3sncc3c2)c2cnn(C)c2n1. The summed E-state index contributed by atoms with van der Waals surface area (Å²) in [7, 11) is 1.81. The van der Waals surface area contributed by atoms with Crippen molar-refractivity contribution in [2.24, 2.45) is 7.05 Å². The highest BCUT2D eigenvalue weighted by molar-refractivity contribution is 7.13. The Hall–Kier alpha value is -2.80. The van der Waals surface area contributed by atoms with Crippen molar-refractivity contribution in [1.29, 1.82) is 0 Å². The third kappa shape index (κ3) is 2.35. The summed E-state index contributed by atoms with van der Waals surface area (Å²) >= 11 is 1.44. The zero-order chi connectivity index (χ0) is 16.0. The molecule has 4 rings (SSSR count). The molecule has 4 aromatic rings. The molecule has 23 heavy (non-hydrogen) atoms. The Balaban J connectivity index is 1.74. The number of aromatic nitrogens is 4. The molecule has 0 aliphatic rings. The molecule has 3 aromatic heterocycles. The number of pyridine rings is 1. The van der Waals surface area contributed by atoms with Crippen molar-refractivity contribution >= 4 is 44.2 Å². The van der Waals surface area contributed by atoms with Crippen molar-refractivity contribution in [1.82, 2.24) is 19.1 Å². The van der Waals surface area contributed by atoms with Crippen molar-refractivity contribution in [3.05, 3.63) is 47.9 Å². The van der Waals surface area contributed by atoms with E-state index in [1.807, 2.05) is 32.2 Å². The number of nitrogens with zero attached hydrogens (tertiary/aromatic N) is 4. The molecule has 1 amide bonds. The Bertz CT molecular complexity index is 1050. The number of fused-ring (bicyclic) bond motifs is 2. The number of carbonyl (C=O) groups excluding carboxylic acids is 1.